The molecule has 0 aliphatic rings. The third-order valence-corrected chi connectivity index (χ3v) is 8.08. The van der Waals surface area contributed by atoms with Crippen molar-refractivity contribution in [2.45, 2.75) is 45.3 Å². The number of hydrogen-bond donors (Lipinski definition) is 1. The van der Waals surface area contributed by atoms with Gasteiger partial charge in [0.2, 0.25) is 21.8 Å². The topological polar surface area (TPSA) is 86.8 Å². The van der Waals surface area contributed by atoms with Gasteiger partial charge in [-0.25, -0.2) is 17.2 Å². The van der Waals surface area contributed by atoms with Crippen LogP contribution < -0.4 is 9.62 Å². The standard InChI is InChI=1S/C29H32BrF2N3O4S/c1-4-20(2)33-29(37)27(16-21-8-6-5-7-9-21)34(18-22-10-12-23(30)13-11-22)28(36)19-35(40(3,38)39)24-14-15-25(31)26(32)17-24/h5-15,17,20,27H,4,16,18-19H2,1-3H3,(H,33,37). The molecule has 0 radical (unpaired) electrons. The molecule has 3 aromatic carbocycles. The predicted molar refractivity (Wildman–Crippen MR) is 155 cm³/mol. The fourth-order valence-electron chi connectivity index (χ4n) is 4.04. The Hall–Kier alpha value is -3.31. The first-order chi connectivity index (χ1) is 18.9. The van der Waals surface area contributed by atoms with E-state index in [2.05, 4.69) is 21.2 Å². The highest BCUT2D eigenvalue weighted by atomic mass is 79.9. The summed E-state index contributed by atoms with van der Waals surface area (Å²) in [7, 11) is -4.09. The minimum absolute atomic E-state index is 0.00687. The van der Waals surface area contributed by atoms with E-state index in [0.717, 1.165) is 34.5 Å². The first-order valence-corrected chi connectivity index (χ1v) is 15.3. The van der Waals surface area contributed by atoms with Crippen molar-refractivity contribution < 1.29 is 26.8 Å². The molecule has 1 N–H and O–H groups in total. The van der Waals surface area contributed by atoms with Crippen LogP contribution in [0.4, 0.5) is 14.5 Å². The molecule has 2 unspecified atom stereocenters. The van der Waals surface area contributed by atoms with E-state index in [9.17, 15) is 26.8 Å². The summed E-state index contributed by atoms with van der Waals surface area (Å²) in [5.74, 6) is -3.47. The second kappa shape index (κ2) is 13.8. The van der Waals surface area contributed by atoms with Gasteiger partial charge < -0.3 is 10.2 Å². The van der Waals surface area contributed by atoms with Crippen LogP contribution in [0.5, 0.6) is 0 Å². The summed E-state index contributed by atoms with van der Waals surface area (Å²) < 4.78 is 54.6. The molecule has 0 aromatic heterocycles. The van der Waals surface area contributed by atoms with Gasteiger partial charge in [0.1, 0.15) is 12.6 Å². The summed E-state index contributed by atoms with van der Waals surface area (Å²) in [5, 5.41) is 2.95. The van der Waals surface area contributed by atoms with Crippen LogP contribution in [0.1, 0.15) is 31.4 Å². The molecule has 3 aromatic rings. The van der Waals surface area contributed by atoms with Crippen molar-refractivity contribution in [1.29, 1.82) is 0 Å². The summed E-state index contributed by atoms with van der Waals surface area (Å²) in [6.45, 7) is 3.07. The number of rotatable bonds is 12. The van der Waals surface area contributed by atoms with Gasteiger partial charge in [-0.1, -0.05) is 65.3 Å². The lowest BCUT2D eigenvalue weighted by molar-refractivity contribution is -0.140. The molecule has 7 nitrogen and oxygen atoms in total. The number of anilines is 1. The van der Waals surface area contributed by atoms with Gasteiger partial charge in [0.15, 0.2) is 11.6 Å². The number of carbonyl (C=O) groups excluding carboxylic acids is 2. The number of nitrogens with zero attached hydrogens (tertiary/aromatic N) is 2. The highest BCUT2D eigenvalue weighted by Crippen LogP contribution is 2.23. The summed E-state index contributed by atoms with van der Waals surface area (Å²) in [6, 6.07) is 17.8. The number of hydrogen-bond acceptors (Lipinski definition) is 4. The molecule has 2 atom stereocenters. The van der Waals surface area contributed by atoms with Crippen molar-refractivity contribution in [3.8, 4) is 0 Å². The van der Waals surface area contributed by atoms with Crippen molar-refractivity contribution in [3.05, 3.63) is 100 Å². The van der Waals surface area contributed by atoms with Crippen molar-refractivity contribution in [2.75, 3.05) is 17.1 Å². The lowest BCUT2D eigenvalue weighted by Gasteiger charge is -2.34. The van der Waals surface area contributed by atoms with E-state index >= 15 is 0 Å². The lowest BCUT2D eigenvalue weighted by Crippen LogP contribution is -2.54. The molecule has 0 fully saturated rings. The van der Waals surface area contributed by atoms with E-state index in [1.165, 1.54) is 4.90 Å². The van der Waals surface area contributed by atoms with Gasteiger partial charge in [0.25, 0.3) is 0 Å². The van der Waals surface area contributed by atoms with E-state index in [0.29, 0.717) is 16.3 Å². The third-order valence-electron chi connectivity index (χ3n) is 6.41. The maximum Gasteiger partial charge on any atom is 0.244 e. The van der Waals surface area contributed by atoms with E-state index in [1.54, 1.807) is 24.3 Å². The Kier molecular flexibility index (Phi) is 10.8. The highest BCUT2D eigenvalue weighted by Gasteiger charge is 2.33. The van der Waals surface area contributed by atoms with Crippen LogP contribution in [0.3, 0.4) is 0 Å². The summed E-state index contributed by atoms with van der Waals surface area (Å²) >= 11 is 3.39. The van der Waals surface area contributed by atoms with Crippen LogP contribution in [-0.2, 0) is 32.6 Å². The zero-order valence-electron chi connectivity index (χ0n) is 22.5. The Morgan fingerprint density at radius 1 is 0.950 bits per heavy atom. The van der Waals surface area contributed by atoms with Crippen LogP contribution in [0.2, 0.25) is 0 Å². The molecule has 40 heavy (non-hydrogen) atoms. The fraction of sp³-hybridized carbons (Fsp3) is 0.310. The average Bonchev–Trinajstić information content (AvgIpc) is 2.91. The SMILES string of the molecule is CCC(C)NC(=O)C(Cc1ccccc1)N(Cc1ccc(Br)cc1)C(=O)CN(c1ccc(F)c(F)c1)S(C)(=O)=O. The predicted octanol–water partition coefficient (Wildman–Crippen LogP) is 5.05. The fourth-order valence-corrected chi connectivity index (χ4v) is 5.14. The van der Waals surface area contributed by atoms with Gasteiger partial charge in [0, 0.05) is 29.5 Å². The van der Waals surface area contributed by atoms with E-state index < -0.39 is 40.2 Å². The Labute approximate surface area is 242 Å². The van der Waals surface area contributed by atoms with Gasteiger partial charge in [-0.2, -0.15) is 0 Å². The maximum atomic E-state index is 14.0. The molecule has 0 bridgehead atoms. The molecule has 214 valence electrons. The van der Waals surface area contributed by atoms with Crippen molar-refractivity contribution >= 4 is 43.5 Å². The van der Waals surface area contributed by atoms with Gasteiger partial charge in [-0.3, -0.25) is 13.9 Å². The number of amides is 2. The number of nitrogens with one attached hydrogen (secondary N) is 1. The molecular formula is C29H32BrF2N3O4S. The van der Waals surface area contributed by atoms with E-state index in [4.69, 9.17) is 0 Å². The van der Waals surface area contributed by atoms with Crippen LogP contribution in [0, 0.1) is 11.6 Å². The maximum absolute atomic E-state index is 14.0. The quantitative estimate of drug-likeness (QED) is 0.302. The van der Waals surface area contributed by atoms with Gasteiger partial charge in [-0.05, 0) is 48.7 Å². The molecule has 0 aliphatic carbocycles. The smallest absolute Gasteiger partial charge is 0.244 e. The molecule has 0 aliphatic heterocycles. The molecule has 2 amide bonds. The summed E-state index contributed by atoms with van der Waals surface area (Å²) in [6.07, 6.45) is 1.72. The molecular weight excluding hydrogens is 604 g/mol. The molecule has 3 rings (SSSR count). The zero-order valence-corrected chi connectivity index (χ0v) is 24.9. The van der Waals surface area contributed by atoms with Gasteiger partial charge in [0.05, 0.1) is 11.9 Å². The number of halogens is 3. The Morgan fingerprint density at radius 2 is 1.60 bits per heavy atom. The monoisotopic (exact) mass is 635 g/mol. The molecule has 0 saturated carbocycles. The number of sulfonamides is 1. The van der Waals surface area contributed by atoms with E-state index in [1.807, 2.05) is 44.2 Å². The van der Waals surface area contributed by atoms with Gasteiger partial charge in [-0.15, -0.1) is 0 Å². The lowest BCUT2D eigenvalue weighted by atomic mass is 10.0. The first kappa shape index (κ1) is 31.2. The van der Waals surface area contributed by atoms with Gasteiger partial charge >= 0.3 is 0 Å². The van der Waals surface area contributed by atoms with Crippen molar-refractivity contribution in [3.63, 3.8) is 0 Å². The van der Waals surface area contributed by atoms with Crippen LogP contribution in [0.25, 0.3) is 0 Å². The molecule has 0 saturated heterocycles. The average molecular weight is 637 g/mol. The Balaban J connectivity index is 2.06. The zero-order chi connectivity index (χ0) is 29.4. The second-order valence-corrected chi connectivity index (χ2v) is 12.4. The normalized spacial score (nSPS) is 12.8. The number of benzene rings is 3. The first-order valence-electron chi connectivity index (χ1n) is 12.7. The number of carbonyl (C=O) groups is 2. The minimum atomic E-state index is -4.09. The molecule has 11 heteroatoms. The minimum Gasteiger partial charge on any atom is -0.352 e. The largest absolute Gasteiger partial charge is 0.352 e. The van der Waals surface area contributed by atoms with Crippen molar-refractivity contribution in [1.82, 2.24) is 10.2 Å². The highest BCUT2D eigenvalue weighted by molar-refractivity contribution is 9.10. The van der Waals surface area contributed by atoms with Crippen LogP contribution in [0.15, 0.2) is 77.3 Å². The third kappa shape index (κ3) is 8.59. The summed E-state index contributed by atoms with van der Waals surface area (Å²) in [4.78, 5) is 28.9. The summed E-state index contributed by atoms with van der Waals surface area (Å²) in [5.41, 5.74) is 1.31. The Morgan fingerprint density at radius 3 is 2.17 bits per heavy atom. The van der Waals surface area contributed by atoms with Crippen LogP contribution in [-0.4, -0.2) is 50.0 Å². The second-order valence-electron chi connectivity index (χ2n) is 9.54. The Bertz CT molecular complexity index is 1420. The van der Waals surface area contributed by atoms with E-state index in [-0.39, 0.29) is 30.6 Å². The molecule has 0 heterocycles. The van der Waals surface area contributed by atoms with Crippen LogP contribution >= 0.6 is 15.9 Å². The molecule has 0 spiro atoms. The van der Waals surface area contributed by atoms with Crippen molar-refractivity contribution in [2.24, 2.45) is 0 Å².